The van der Waals surface area contributed by atoms with Gasteiger partial charge in [0, 0.05) is 6.54 Å². The van der Waals surface area contributed by atoms with Crippen molar-refractivity contribution >= 4 is 16.9 Å². The van der Waals surface area contributed by atoms with E-state index in [9.17, 15) is 14.7 Å². The average Bonchev–Trinajstić information content (AvgIpc) is 3.08. The third-order valence-electron chi connectivity index (χ3n) is 5.67. The van der Waals surface area contributed by atoms with E-state index in [1.54, 1.807) is 41.3 Å². The summed E-state index contributed by atoms with van der Waals surface area (Å²) in [6, 6.07) is 20.8. The number of fused-ring (bicyclic) bond motifs is 2. The molecule has 0 spiro atoms. The first kappa shape index (κ1) is 19.9. The Hall–Kier alpha value is -4.06. The summed E-state index contributed by atoms with van der Waals surface area (Å²) in [7, 11) is 0. The molecule has 5 rings (SSSR count). The minimum Gasteiger partial charge on any atom is -0.504 e. The van der Waals surface area contributed by atoms with Gasteiger partial charge in [-0.1, -0.05) is 48.5 Å². The monoisotopic (exact) mass is 427 g/mol. The molecule has 1 amide bonds. The second-order valence-electron chi connectivity index (χ2n) is 7.65. The van der Waals surface area contributed by atoms with Crippen LogP contribution in [0.25, 0.3) is 11.0 Å². The molecule has 0 aliphatic carbocycles. The van der Waals surface area contributed by atoms with Gasteiger partial charge in [0.15, 0.2) is 16.9 Å². The van der Waals surface area contributed by atoms with Crippen LogP contribution in [0.15, 0.2) is 82.0 Å². The van der Waals surface area contributed by atoms with E-state index in [1.807, 2.05) is 37.3 Å². The summed E-state index contributed by atoms with van der Waals surface area (Å²) in [5.41, 5.74) is 2.04. The number of aromatic hydroxyl groups is 1. The van der Waals surface area contributed by atoms with Crippen LogP contribution in [0.2, 0.25) is 0 Å². The van der Waals surface area contributed by atoms with Gasteiger partial charge in [-0.3, -0.25) is 9.59 Å². The quantitative estimate of drug-likeness (QED) is 0.502. The second-order valence-corrected chi connectivity index (χ2v) is 7.65. The standard InChI is InChI=1S/C26H21NO5/c1-2-31-21-14-17(12-13-19(21)28)23-22-24(29)18-10-6-7-11-20(18)32-25(22)26(30)27(23)15-16-8-4-3-5-9-16/h3-14,23,28H,2,15H2,1H3/t23-/m0/s1. The van der Waals surface area contributed by atoms with Gasteiger partial charge in [-0.25, -0.2) is 0 Å². The Morgan fingerprint density at radius 2 is 1.75 bits per heavy atom. The zero-order chi connectivity index (χ0) is 22.2. The minimum absolute atomic E-state index is 0.000280. The van der Waals surface area contributed by atoms with Crippen molar-refractivity contribution in [2.75, 3.05) is 6.61 Å². The lowest BCUT2D eigenvalue weighted by Gasteiger charge is -2.25. The normalized spacial score (nSPS) is 15.2. The molecule has 3 aromatic carbocycles. The molecule has 32 heavy (non-hydrogen) atoms. The number of amides is 1. The molecule has 1 aliphatic rings. The fourth-order valence-corrected chi connectivity index (χ4v) is 4.23. The van der Waals surface area contributed by atoms with Gasteiger partial charge in [0.25, 0.3) is 5.91 Å². The molecule has 0 saturated carbocycles. The lowest BCUT2D eigenvalue weighted by molar-refractivity contribution is 0.0714. The number of carbonyl (C=O) groups is 1. The number of hydrogen-bond donors (Lipinski definition) is 1. The summed E-state index contributed by atoms with van der Waals surface area (Å²) < 4.78 is 11.5. The summed E-state index contributed by atoms with van der Waals surface area (Å²) in [5, 5.41) is 10.6. The van der Waals surface area contributed by atoms with Crippen LogP contribution in [-0.4, -0.2) is 22.5 Å². The molecule has 0 bridgehead atoms. The van der Waals surface area contributed by atoms with E-state index < -0.39 is 6.04 Å². The Balaban J connectivity index is 1.72. The number of ether oxygens (including phenoxy) is 1. The molecule has 1 N–H and O–H groups in total. The van der Waals surface area contributed by atoms with Gasteiger partial charge in [-0.2, -0.15) is 0 Å². The zero-order valence-corrected chi connectivity index (χ0v) is 17.4. The molecule has 1 atom stereocenters. The number of benzene rings is 3. The minimum atomic E-state index is -0.668. The van der Waals surface area contributed by atoms with Crippen LogP contribution in [-0.2, 0) is 6.54 Å². The Morgan fingerprint density at radius 3 is 2.53 bits per heavy atom. The maximum absolute atomic E-state index is 13.5. The number of phenolic OH excluding ortho intramolecular Hbond substituents is 1. The molecule has 0 fully saturated rings. The first-order valence-electron chi connectivity index (χ1n) is 10.4. The van der Waals surface area contributed by atoms with Crippen molar-refractivity contribution in [2.24, 2.45) is 0 Å². The molecule has 160 valence electrons. The Kier molecular flexibility index (Phi) is 4.90. The molecule has 6 heteroatoms. The third kappa shape index (κ3) is 3.21. The highest BCUT2D eigenvalue weighted by Gasteiger charge is 2.42. The lowest BCUT2D eigenvalue weighted by atomic mass is 9.98. The summed E-state index contributed by atoms with van der Waals surface area (Å²) in [6.45, 7) is 2.50. The van der Waals surface area contributed by atoms with Gasteiger partial charge in [-0.05, 0) is 42.3 Å². The number of carbonyl (C=O) groups excluding carboxylic acids is 1. The highest BCUT2D eigenvalue weighted by Crippen LogP contribution is 2.41. The van der Waals surface area contributed by atoms with Crippen LogP contribution in [0.5, 0.6) is 11.5 Å². The predicted molar refractivity (Wildman–Crippen MR) is 120 cm³/mol. The number of para-hydroxylation sites is 1. The van der Waals surface area contributed by atoms with E-state index in [4.69, 9.17) is 9.15 Å². The van der Waals surface area contributed by atoms with Gasteiger partial charge >= 0.3 is 0 Å². The maximum Gasteiger partial charge on any atom is 0.291 e. The molecule has 1 aliphatic heterocycles. The summed E-state index contributed by atoms with van der Waals surface area (Å²) in [5.74, 6) is 0.0134. The van der Waals surface area contributed by atoms with Crippen LogP contribution >= 0.6 is 0 Å². The van der Waals surface area contributed by atoms with Gasteiger partial charge < -0.3 is 19.2 Å². The lowest BCUT2D eigenvalue weighted by Crippen LogP contribution is -2.29. The SMILES string of the molecule is CCOc1cc([C@H]2c3c(oc4ccccc4c3=O)C(=O)N2Cc2ccccc2)ccc1O. The van der Waals surface area contributed by atoms with Crippen molar-refractivity contribution in [3.63, 3.8) is 0 Å². The first-order chi connectivity index (χ1) is 15.6. The Morgan fingerprint density at radius 1 is 1.00 bits per heavy atom. The smallest absolute Gasteiger partial charge is 0.291 e. The number of rotatable bonds is 5. The van der Waals surface area contributed by atoms with E-state index >= 15 is 0 Å². The van der Waals surface area contributed by atoms with Crippen molar-refractivity contribution in [3.8, 4) is 11.5 Å². The molecule has 0 radical (unpaired) electrons. The largest absolute Gasteiger partial charge is 0.504 e. The van der Waals surface area contributed by atoms with Crippen LogP contribution in [0.4, 0.5) is 0 Å². The Labute approximate surface area is 184 Å². The number of nitrogens with zero attached hydrogens (tertiary/aromatic N) is 1. The maximum atomic E-state index is 13.5. The van der Waals surface area contributed by atoms with E-state index in [2.05, 4.69) is 0 Å². The highest BCUT2D eigenvalue weighted by molar-refractivity contribution is 5.99. The summed E-state index contributed by atoms with van der Waals surface area (Å²) in [6.07, 6.45) is 0. The van der Waals surface area contributed by atoms with E-state index in [0.717, 1.165) is 5.56 Å². The van der Waals surface area contributed by atoms with Gasteiger partial charge in [0.1, 0.15) is 5.58 Å². The van der Waals surface area contributed by atoms with Crippen LogP contribution in [0, 0.1) is 0 Å². The van der Waals surface area contributed by atoms with Crippen molar-refractivity contribution in [3.05, 3.63) is 105 Å². The van der Waals surface area contributed by atoms with E-state index in [-0.39, 0.29) is 22.8 Å². The first-order valence-corrected chi connectivity index (χ1v) is 10.4. The van der Waals surface area contributed by atoms with Gasteiger partial charge in [0.05, 0.1) is 23.6 Å². The highest BCUT2D eigenvalue weighted by atomic mass is 16.5. The average molecular weight is 427 g/mol. The zero-order valence-electron chi connectivity index (χ0n) is 17.4. The summed E-state index contributed by atoms with van der Waals surface area (Å²) >= 11 is 0. The molecule has 2 heterocycles. The topological polar surface area (TPSA) is 80.0 Å². The van der Waals surface area contributed by atoms with Crippen molar-refractivity contribution in [1.82, 2.24) is 4.90 Å². The van der Waals surface area contributed by atoms with Crippen LogP contribution in [0.3, 0.4) is 0 Å². The van der Waals surface area contributed by atoms with E-state index in [0.29, 0.717) is 41.0 Å². The van der Waals surface area contributed by atoms with Gasteiger partial charge in [-0.15, -0.1) is 0 Å². The Bertz CT molecular complexity index is 1380. The number of hydrogen-bond acceptors (Lipinski definition) is 5. The van der Waals surface area contributed by atoms with Gasteiger partial charge in [0.2, 0.25) is 5.76 Å². The van der Waals surface area contributed by atoms with Crippen molar-refractivity contribution in [2.45, 2.75) is 19.5 Å². The molecular weight excluding hydrogens is 406 g/mol. The second kappa shape index (κ2) is 7.89. The van der Waals surface area contributed by atoms with Crippen molar-refractivity contribution in [1.29, 1.82) is 0 Å². The summed E-state index contributed by atoms with van der Waals surface area (Å²) in [4.78, 5) is 28.6. The molecule has 0 saturated heterocycles. The predicted octanol–water partition coefficient (Wildman–Crippen LogP) is 4.64. The fourth-order valence-electron chi connectivity index (χ4n) is 4.23. The number of phenols is 1. The van der Waals surface area contributed by atoms with E-state index in [1.165, 1.54) is 6.07 Å². The molecule has 6 nitrogen and oxygen atoms in total. The fraction of sp³-hybridized carbons (Fsp3) is 0.154. The van der Waals surface area contributed by atoms with Crippen molar-refractivity contribution < 1.29 is 19.1 Å². The molecule has 4 aromatic rings. The third-order valence-corrected chi connectivity index (χ3v) is 5.67. The van der Waals surface area contributed by atoms with Crippen LogP contribution in [0.1, 0.15) is 40.2 Å². The molecule has 0 unspecified atom stereocenters. The van der Waals surface area contributed by atoms with Crippen LogP contribution < -0.4 is 10.2 Å². The molecule has 1 aromatic heterocycles. The molecular formula is C26H21NO5.